The predicted molar refractivity (Wildman–Crippen MR) is 205 cm³/mol. The molecule has 0 saturated carbocycles. The second kappa shape index (κ2) is 16.3. The monoisotopic (exact) mass is 790 g/mol. The molecule has 0 radical (unpaired) electrons. The van der Waals surface area contributed by atoms with E-state index in [2.05, 4.69) is 0 Å². The molecule has 0 aliphatic heterocycles. The molecule has 12 heteroatoms. The van der Waals surface area contributed by atoms with E-state index in [1.54, 1.807) is 84.9 Å². The first-order valence-electron chi connectivity index (χ1n) is 18.3. The lowest BCUT2D eigenvalue weighted by molar-refractivity contribution is -0.142. The molecule has 294 valence electrons. The summed E-state index contributed by atoms with van der Waals surface area (Å²) < 4.78 is 84.5. The number of hydrogen-bond acceptors (Lipinski definition) is 5. The zero-order chi connectivity index (χ0) is 41.1. The Bertz CT molecular complexity index is 2390. The second-order valence-electron chi connectivity index (χ2n) is 13.8. The van der Waals surface area contributed by atoms with Gasteiger partial charge in [-0.15, -0.1) is 0 Å². The van der Waals surface area contributed by atoms with Crippen LogP contribution in [0.2, 0.25) is 0 Å². The minimum Gasteiger partial charge on any atom is -0.448 e. The van der Waals surface area contributed by atoms with Crippen molar-refractivity contribution in [2.24, 2.45) is 5.73 Å². The van der Waals surface area contributed by atoms with Gasteiger partial charge in [-0.25, -0.2) is 22.8 Å². The van der Waals surface area contributed by atoms with E-state index in [0.717, 1.165) is 32.7 Å². The number of nitrogens with two attached hydrogens (primary N) is 1. The van der Waals surface area contributed by atoms with Crippen LogP contribution >= 0.6 is 0 Å². The minimum absolute atomic E-state index is 0.258. The highest BCUT2D eigenvalue weighted by Crippen LogP contribution is 2.47. The first-order valence-corrected chi connectivity index (χ1v) is 18.3. The summed E-state index contributed by atoms with van der Waals surface area (Å²) in [5.41, 5.74) is 9.36. The van der Waals surface area contributed by atoms with Crippen LogP contribution in [0.15, 0.2) is 133 Å². The van der Waals surface area contributed by atoms with E-state index in [0.29, 0.717) is 16.7 Å². The standard InChI is InChI=1S/C46H35F5N2O5/c1-27-20-22-30(23-21-27)46(28-12-4-2-5-13-28,29-14-6-3-7-15-29)53(45(56)57-26-35-33-18-10-8-16-31(33)32-17-9-11-19-34(32)35)36(24-25-37(52)54)44(55)58-43-41(50)39(48)38(47)40(49)42(43)51/h2-23,35-36H,24-26H2,1H3,(H2,52,54)/t36-/m0/s1. The average Bonchev–Trinajstić information content (AvgIpc) is 3.57. The second-order valence-corrected chi connectivity index (χ2v) is 13.8. The predicted octanol–water partition coefficient (Wildman–Crippen LogP) is 9.47. The van der Waals surface area contributed by atoms with E-state index in [9.17, 15) is 22.8 Å². The van der Waals surface area contributed by atoms with E-state index < -0.39 is 83.1 Å². The summed E-state index contributed by atoms with van der Waals surface area (Å²) in [6.45, 7) is 1.59. The van der Waals surface area contributed by atoms with E-state index >= 15 is 13.6 Å². The topological polar surface area (TPSA) is 98.9 Å². The number of hydrogen-bond donors (Lipinski definition) is 1. The van der Waals surface area contributed by atoms with Crippen LogP contribution in [0.5, 0.6) is 5.75 Å². The summed E-state index contributed by atoms with van der Waals surface area (Å²) in [6.07, 6.45) is -2.35. The highest BCUT2D eigenvalue weighted by molar-refractivity contribution is 5.86. The summed E-state index contributed by atoms with van der Waals surface area (Å²) in [7, 11) is 0. The van der Waals surface area contributed by atoms with Gasteiger partial charge in [0.05, 0.1) is 0 Å². The molecule has 0 spiro atoms. The smallest absolute Gasteiger partial charge is 0.411 e. The number of carbonyl (C=O) groups is 3. The molecule has 1 aliphatic carbocycles. The first-order chi connectivity index (χ1) is 27.9. The molecule has 0 aromatic heterocycles. The van der Waals surface area contributed by atoms with Crippen LogP contribution in [-0.2, 0) is 19.9 Å². The molecule has 0 saturated heterocycles. The van der Waals surface area contributed by atoms with E-state index in [1.807, 2.05) is 55.5 Å². The number of rotatable bonds is 12. The maximum absolute atomic E-state index is 15.3. The highest BCUT2D eigenvalue weighted by Gasteiger charge is 2.52. The van der Waals surface area contributed by atoms with Crippen LogP contribution in [0.1, 0.15) is 52.1 Å². The Morgan fingerprint density at radius 1 is 0.638 bits per heavy atom. The van der Waals surface area contributed by atoms with Crippen LogP contribution in [0.3, 0.4) is 0 Å². The van der Waals surface area contributed by atoms with Crippen LogP contribution in [0, 0.1) is 36.0 Å². The Balaban J connectivity index is 1.46. The van der Waals surface area contributed by atoms with Gasteiger partial charge in [-0.05, 0) is 52.3 Å². The number of amides is 2. The molecular formula is C46H35F5N2O5. The van der Waals surface area contributed by atoms with Gasteiger partial charge in [-0.2, -0.15) is 8.78 Å². The van der Waals surface area contributed by atoms with Gasteiger partial charge < -0.3 is 15.2 Å². The molecule has 6 aromatic carbocycles. The number of aryl methyl sites for hydroxylation is 1. The maximum atomic E-state index is 15.3. The lowest BCUT2D eigenvalue weighted by atomic mass is 9.74. The average molecular weight is 791 g/mol. The lowest BCUT2D eigenvalue weighted by Crippen LogP contribution is -2.59. The molecule has 1 aliphatic rings. The van der Waals surface area contributed by atoms with Crippen molar-refractivity contribution in [3.8, 4) is 16.9 Å². The number of fused-ring (bicyclic) bond motifs is 3. The molecule has 2 amide bonds. The zero-order valence-corrected chi connectivity index (χ0v) is 30.9. The molecule has 0 bridgehead atoms. The summed E-state index contributed by atoms with van der Waals surface area (Å²) >= 11 is 0. The van der Waals surface area contributed by atoms with Crippen LogP contribution in [0.4, 0.5) is 26.7 Å². The Labute approximate surface area is 330 Å². The van der Waals surface area contributed by atoms with E-state index in [1.165, 1.54) is 0 Å². The lowest BCUT2D eigenvalue weighted by Gasteiger charge is -2.47. The van der Waals surface area contributed by atoms with Gasteiger partial charge in [0.25, 0.3) is 0 Å². The molecule has 2 N–H and O–H groups in total. The van der Waals surface area contributed by atoms with Gasteiger partial charge >= 0.3 is 12.1 Å². The fourth-order valence-electron chi connectivity index (χ4n) is 7.71. The van der Waals surface area contributed by atoms with Crippen molar-refractivity contribution in [3.63, 3.8) is 0 Å². The van der Waals surface area contributed by atoms with Crippen molar-refractivity contribution in [2.75, 3.05) is 6.61 Å². The first kappa shape index (κ1) is 39.4. The number of carbonyl (C=O) groups excluding carboxylic acids is 3. The Morgan fingerprint density at radius 2 is 1.09 bits per heavy atom. The van der Waals surface area contributed by atoms with Gasteiger partial charge in [0, 0.05) is 12.3 Å². The Kier molecular flexibility index (Phi) is 11.1. The number of halogens is 5. The van der Waals surface area contributed by atoms with Gasteiger partial charge in [0.1, 0.15) is 18.2 Å². The zero-order valence-electron chi connectivity index (χ0n) is 30.9. The van der Waals surface area contributed by atoms with E-state index in [4.69, 9.17) is 15.2 Å². The molecule has 0 unspecified atom stereocenters. The summed E-state index contributed by atoms with van der Waals surface area (Å²) in [5, 5.41) is 0. The molecule has 0 fully saturated rings. The summed E-state index contributed by atoms with van der Waals surface area (Å²) in [4.78, 5) is 43.3. The molecule has 0 heterocycles. The quantitative estimate of drug-likeness (QED) is 0.0333. The van der Waals surface area contributed by atoms with Gasteiger partial charge in [-0.1, -0.05) is 139 Å². The van der Waals surface area contributed by atoms with Gasteiger partial charge in [0.2, 0.25) is 40.7 Å². The fourth-order valence-corrected chi connectivity index (χ4v) is 7.71. The molecule has 6 aromatic rings. The number of primary amides is 1. The fraction of sp³-hybridized carbons (Fsp3) is 0.152. The summed E-state index contributed by atoms with van der Waals surface area (Å²) in [5.74, 6) is -16.9. The normalized spacial score (nSPS) is 12.7. The van der Waals surface area contributed by atoms with Crippen LogP contribution in [0.25, 0.3) is 11.1 Å². The van der Waals surface area contributed by atoms with Crippen LogP contribution < -0.4 is 10.5 Å². The molecule has 7 nitrogen and oxygen atoms in total. The largest absolute Gasteiger partial charge is 0.448 e. The Hall–Kier alpha value is -6.82. The van der Waals surface area contributed by atoms with E-state index in [-0.39, 0.29) is 6.61 Å². The van der Waals surface area contributed by atoms with Crippen molar-refractivity contribution in [3.05, 3.63) is 196 Å². The summed E-state index contributed by atoms with van der Waals surface area (Å²) in [6, 6.07) is 37.2. The van der Waals surface area contributed by atoms with Gasteiger partial charge in [0.15, 0.2) is 0 Å². The maximum Gasteiger partial charge on any atom is 0.411 e. The third-order valence-electron chi connectivity index (χ3n) is 10.4. The van der Waals surface area contributed by atoms with Crippen molar-refractivity contribution in [1.82, 2.24) is 4.90 Å². The minimum atomic E-state index is -2.47. The number of benzene rings is 6. The molecule has 7 rings (SSSR count). The van der Waals surface area contributed by atoms with Gasteiger partial charge in [-0.3, -0.25) is 9.69 Å². The number of esters is 1. The van der Waals surface area contributed by atoms with Crippen molar-refractivity contribution >= 4 is 18.0 Å². The van der Waals surface area contributed by atoms with Crippen LogP contribution in [-0.4, -0.2) is 35.5 Å². The molecular weight excluding hydrogens is 756 g/mol. The third kappa shape index (κ3) is 7.06. The van der Waals surface area contributed by atoms with Crippen molar-refractivity contribution in [2.45, 2.75) is 37.3 Å². The number of ether oxygens (including phenoxy) is 2. The molecule has 1 atom stereocenters. The molecule has 58 heavy (non-hydrogen) atoms. The number of nitrogens with zero attached hydrogens (tertiary/aromatic N) is 1. The Morgan fingerprint density at radius 3 is 1.59 bits per heavy atom. The third-order valence-corrected chi connectivity index (χ3v) is 10.4. The SMILES string of the molecule is Cc1ccc(C(c2ccccc2)(c2ccccc2)N(C(=O)OCC2c3ccccc3-c3ccccc32)[C@@H](CCC(N)=O)C(=O)Oc2c(F)c(F)c(F)c(F)c2F)cc1. The highest BCUT2D eigenvalue weighted by atomic mass is 19.2. The van der Waals surface area contributed by atoms with Crippen molar-refractivity contribution < 1.29 is 45.8 Å². The van der Waals surface area contributed by atoms with Crippen molar-refractivity contribution in [1.29, 1.82) is 0 Å².